The summed E-state index contributed by atoms with van der Waals surface area (Å²) in [6.07, 6.45) is -0.00810. The second-order valence-electron chi connectivity index (χ2n) is 1.29. The fourth-order valence-electron chi connectivity index (χ4n) is 0.227. The van der Waals surface area contributed by atoms with Gasteiger partial charge in [0.1, 0.15) is 0 Å². The lowest BCUT2D eigenvalue weighted by Crippen LogP contribution is -1.96. The summed E-state index contributed by atoms with van der Waals surface area (Å²) >= 11 is 0. The molecule has 0 radical (unpaired) electrons. The first-order valence-electron chi connectivity index (χ1n) is 2.04. The highest BCUT2D eigenvalue weighted by Crippen LogP contribution is 1.97. The fraction of sp³-hybridized carbons (Fsp3) is 1.00. The van der Waals surface area contributed by atoms with Crippen molar-refractivity contribution < 1.29 is 12.8 Å². The molecule has 0 saturated carbocycles. The summed E-state index contributed by atoms with van der Waals surface area (Å²) in [6, 6.07) is 0. The third-order valence-electron chi connectivity index (χ3n) is 0.522. The molecule has 0 aromatic rings. The molecule has 0 aliphatic heterocycles. The summed E-state index contributed by atoms with van der Waals surface area (Å²) in [4.78, 5) is 0. The number of halogens is 2. The van der Waals surface area contributed by atoms with E-state index < -0.39 is 15.7 Å². The average molecular weight is 160 g/mol. The van der Waals surface area contributed by atoms with E-state index in [2.05, 4.69) is 0 Å². The molecule has 2 nitrogen and oxygen atoms in total. The Labute approximate surface area is 52.1 Å². The van der Waals surface area contributed by atoms with Gasteiger partial charge in [-0.3, -0.25) is 4.39 Å². The lowest BCUT2D eigenvalue weighted by Gasteiger charge is -1.87. The van der Waals surface area contributed by atoms with Crippen molar-refractivity contribution in [2.24, 2.45) is 0 Å². The lowest BCUT2D eigenvalue weighted by atomic mass is 10.6. The Morgan fingerprint density at radius 3 is 2.12 bits per heavy atom. The second-order valence-corrected chi connectivity index (χ2v) is 4.18. The zero-order valence-electron chi connectivity index (χ0n) is 4.10. The average Bonchev–Trinajstić information content (AvgIpc) is 1.59. The van der Waals surface area contributed by atoms with Gasteiger partial charge in [0.2, 0.25) is 9.05 Å². The molecule has 0 spiro atoms. The van der Waals surface area contributed by atoms with E-state index in [0.29, 0.717) is 0 Å². The van der Waals surface area contributed by atoms with Crippen molar-refractivity contribution in [3.63, 3.8) is 0 Å². The Morgan fingerprint density at radius 1 is 1.50 bits per heavy atom. The second kappa shape index (κ2) is 3.25. The van der Waals surface area contributed by atoms with Crippen LogP contribution in [0.25, 0.3) is 0 Å². The number of hydrogen-bond donors (Lipinski definition) is 0. The van der Waals surface area contributed by atoms with Crippen LogP contribution in [0.2, 0.25) is 0 Å². The quantitative estimate of drug-likeness (QED) is 0.574. The van der Waals surface area contributed by atoms with Crippen LogP contribution in [0.4, 0.5) is 4.39 Å². The van der Waals surface area contributed by atoms with E-state index in [0.717, 1.165) is 0 Å². The molecule has 0 aromatic heterocycles. The van der Waals surface area contributed by atoms with E-state index in [9.17, 15) is 12.8 Å². The van der Waals surface area contributed by atoms with Crippen molar-refractivity contribution in [2.75, 3.05) is 12.4 Å². The van der Waals surface area contributed by atoms with Gasteiger partial charge in [-0.25, -0.2) is 8.42 Å². The van der Waals surface area contributed by atoms with Crippen LogP contribution in [0.3, 0.4) is 0 Å². The van der Waals surface area contributed by atoms with Gasteiger partial charge < -0.3 is 0 Å². The number of rotatable bonds is 3. The normalized spacial score (nSPS) is 11.8. The van der Waals surface area contributed by atoms with Crippen molar-refractivity contribution in [3.05, 3.63) is 0 Å². The predicted octanol–water partition coefficient (Wildman–Crippen LogP) is 0.915. The molecule has 8 heavy (non-hydrogen) atoms. The Bertz CT molecular complexity index is 141. The van der Waals surface area contributed by atoms with Crippen LogP contribution >= 0.6 is 10.7 Å². The minimum absolute atomic E-state index is 0.00810. The largest absolute Gasteiger partial charge is 0.251 e. The highest BCUT2D eigenvalue weighted by molar-refractivity contribution is 8.13. The fourth-order valence-corrected chi connectivity index (χ4v) is 1.01. The topological polar surface area (TPSA) is 34.1 Å². The molecule has 0 aliphatic rings. The van der Waals surface area contributed by atoms with Crippen LogP contribution in [0.5, 0.6) is 0 Å². The highest BCUT2D eigenvalue weighted by Gasteiger charge is 2.02. The van der Waals surface area contributed by atoms with Gasteiger partial charge in [-0.15, -0.1) is 0 Å². The van der Waals surface area contributed by atoms with Crippen LogP contribution in [0.1, 0.15) is 6.42 Å². The van der Waals surface area contributed by atoms with Crippen molar-refractivity contribution in [1.29, 1.82) is 0 Å². The number of alkyl halides is 1. The molecular weight excluding hydrogens is 154 g/mol. The molecular formula is C3H6ClFO2S. The summed E-state index contributed by atoms with van der Waals surface area (Å²) in [6.45, 7) is -0.633. The molecule has 0 amide bonds. The Morgan fingerprint density at radius 2 is 2.00 bits per heavy atom. The van der Waals surface area contributed by atoms with Crippen LogP contribution in [0, 0.1) is 0 Å². The summed E-state index contributed by atoms with van der Waals surface area (Å²) in [5.41, 5.74) is 0. The zero-order chi connectivity index (χ0) is 6.62. The standard InChI is InChI=1S/C3H6ClFO2S/c4-8(6,7)3-1-2-5/h1-3H2/i5-1. The summed E-state index contributed by atoms with van der Waals surface area (Å²) < 4.78 is 31.2. The maximum absolute atomic E-state index is 11.2. The van der Waals surface area contributed by atoms with Gasteiger partial charge in [0.15, 0.2) is 0 Å². The van der Waals surface area contributed by atoms with Gasteiger partial charge in [-0.05, 0) is 6.42 Å². The van der Waals surface area contributed by atoms with Crippen LogP contribution < -0.4 is 0 Å². The summed E-state index contributed by atoms with van der Waals surface area (Å²) in [5, 5.41) is 0. The van der Waals surface area contributed by atoms with E-state index in [1.165, 1.54) is 0 Å². The van der Waals surface area contributed by atoms with Crippen molar-refractivity contribution in [1.82, 2.24) is 0 Å². The molecule has 0 aromatic carbocycles. The smallest absolute Gasteiger partial charge is 0.232 e. The van der Waals surface area contributed by atoms with Gasteiger partial charge in [0.05, 0.1) is 12.4 Å². The van der Waals surface area contributed by atoms with Gasteiger partial charge in [-0.2, -0.15) is 0 Å². The third kappa shape index (κ3) is 6.17. The van der Waals surface area contributed by atoms with Gasteiger partial charge >= 0.3 is 0 Å². The molecule has 0 aliphatic carbocycles. The third-order valence-corrected chi connectivity index (χ3v) is 1.76. The minimum Gasteiger partial charge on any atom is -0.251 e. The lowest BCUT2D eigenvalue weighted by molar-refractivity contribution is 0.485. The first-order chi connectivity index (χ1) is 3.56. The molecule has 0 heterocycles. The van der Waals surface area contributed by atoms with E-state index >= 15 is 0 Å². The van der Waals surface area contributed by atoms with Crippen LogP contribution in [-0.2, 0) is 9.05 Å². The Hall–Kier alpha value is 0.170. The first-order valence-corrected chi connectivity index (χ1v) is 4.52. The summed E-state index contributed by atoms with van der Waals surface area (Å²) in [5.74, 6) is -0.273. The van der Waals surface area contributed by atoms with Crippen LogP contribution in [0.15, 0.2) is 0 Å². The molecule has 0 atom stereocenters. The predicted molar refractivity (Wildman–Crippen MR) is 30.2 cm³/mol. The molecule has 0 saturated heterocycles. The minimum atomic E-state index is -3.45. The molecule has 50 valence electrons. The molecule has 0 bridgehead atoms. The van der Waals surface area contributed by atoms with E-state index in [-0.39, 0.29) is 12.2 Å². The zero-order valence-corrected chi connectivity index (χ0v) is 5.67. The Balaban J connectivity index is 3.42. The summed E-state index contributed by atoms with van der Waals surface area (Å²) in [7, 11) is 1.26. The molecule has 5 heteroatoms. The Kier molecular flexibility index (Phi) is 3.31. The van der Waals surface area contributed by atoms with Crippen LogP contribution in [-0.4, -0.2) is 20.8 Å². The molecule has 0 N–H and O–H groups in total. The molecule has 0 rings (SSSR count). The first kappa shape index (κ1) is 8.17. The van der Waals surface area contributed by atoms with Crippen molar-refractivity contribution >= 4 is 19.7 Å². The number of hydrogen-bond acceptors (Lipinski definition) is 2. The van der Waals surface area contributed by atoms with Gasteiger partial charge in [0, 0.05) is 10.7 Å². The van der Waals surface area contributed by atoms with E-state index in [1.54, 1.807) is 0 Å². The van der Waals surface area contributed by atoms with Gasteiger partial charge in [-0.1, -0.05) is 0 Å². The SMILES string of the molecule is O=S(=O)(Cl)CCC[18F]. The monoisotopic (exact) mass is 159 g/mol. The molecule has 0 unspecified atom stereocenters. The molecule has 0 fully saturated rings. The van der Waals surface area contributed by atoms with Crippen molar-refractivity contribution in [3.8, 4) is 0 Å². The maximum atomic E-state index is 11.2. The highest BCUT2D eigenvalue weighted by atomic mass is 35.7. The van der Waals surface area contributed by atoms with E-state index in [1.807, 2.05) is 0 Å². The maximum Gasteiger partial charge on any atom is 0.232 e. The van der Waals surface area contributed by atoms with Gasteiger partial charge in [0.25, 0.3) is 0 Å². The van der Waals surface area contributed by atoms with E-state index in [4.69, 9.17) is 10.7 Å². The van der Waals surface area contributed by atoms with Crippen molar-refractivity contribution in [2.45, 2.75) is 6.42 Å².